The van der Waals surface area contributed by atoms with Crippen LogP contribution in [0.3, 0.4) is 0 Å². The number of sulfonamides is 1. The van der Waals surface area contributed by atoms with E-state index in [2.05, 4.69) is 10.0 Å². The van der Waals surface area contributed by atoms with E-state index in [9.17, 15) is 17.6 Å². The fourth-order valence-electron chi connectivity index (χ4n) is 2.33. The number of carbonyl (C=O) groups excluding carboxylic acids is 1. The highest BCUT2D eigenvalue weighted by Gasteiger charge is 2.19. The summed E-state index contributed by atoms with van der Waals surface area (Å²) in [4.78, 5) is 11.8. The molecule has 0 radical (unpaired) electrons. The van der Waals surface area contributed by atoms with Crippen molar-refractivity contribution in [2.75, 3.05) is 25.1 Å². The maximum atomic E-state index is 13.1. The van der Waals surface area contributed by atoms with E-state index in [1.54, 1.807) is 0 Å². The Morgan fingerprint density at radius 3 is 2.62 bits per heavy atom. The second kappa shape index (κ2) is 7.71. The number of anilines is 1. The van der Waals surface area contributed by atoms with Crippen molar-refractivity contribution in [1.82, 2.24) is 4.72 Å². The molecule has 1 aliphatic rings. The summed E-state index contributed by atoms with van der Waals surface area (Å²) >= 11 is 0. The van der Waals surface area contributed by atoms with Crippen molar-refractivity contribution in [3.05, 3.63) is 48.3 Å². The van der Waals surface area contributed by atoms with Gasteiger partial charge in [0.15, 0.2) is 11.5 Å². The highest BCUT2D eigenvalue weighted by molar-refractivity contribution is 7.89. The van der Waals surface area contributed by atoms with E-state index in [0.717, 1.165) is 6.07 Å². The number of rotatable bonds is 5. The number of fused-ring (bicyclic) bond motifs is 1. The van der Waals surface area contributed by atoms with E-state index < -0.39 is 28.3 Å². The third kappa shape index (κ3) is 4.50. The zero-order valence-electron chi connectivity index (χ0n) is 13.7. The number of ether oxygens (including phenoxy) is 2. The fraction of sp³-hybridized carbons (Fsp3) is 0.235. The number of hydrogen-bond acceptors (Lipinski definition) is 5. The van der Waals surface area contributed by atoms with Gasteiger partial charge in [-0.2, -0.15) is 0 Å². The normalized spacial score (nSPS) is 13.7. The molecule has 0 spiro atoms. The molecule has 0 unspecified atom stereocenters. The van der Waals surface area contributed by atoms with Crippen molar-refractivity contribution in [1.29, 1.82) is 0 Å². The third-order valence-corrected chi connectivity index (χ3v) is 4.96. The lowest BCUT2D eigenvalue weighted by Gasteiger charge is -2.11. The molecule has 26 heavy (non-hydrogen) atoms. The molecule has 0 saturated heterocycles. The molecule has 0 aromatic heterocycles. The molecule has 0 aliphatic carbocycles. The highest BCUT2D eigenvalue weighted by atomic mass is 32.2. The monoisotopic (exact) mass is 380 g/mol. The maximum absolute atomic E-state index is 13.1. The van der Waals surface area contributed by atoms with Gasteiger partial charge >= 0.3 is 0 Å². The highest BCUT2D eigenvalue weighted by Crippen LogP contribution is 2.31. The molecule has 0 fully saturated rings. The van der Waals surface area contributed by atoms with Gasteiger partial charge in [0.1, 0.15) is 5.82 Å². The quantitative estimate of drug-likeness (QED) is 0.826. The topological polar surface area (TPSA) is 93.7 Å². The summed E-state index contributed by atoms with van der Waals surface area (Å²) in [5, 5.41) is 2.41. The van der Waals surface area contributed by atoms with Gasteiger partial charge in [0.25, 0.3) is 0 Å². The van der Waals surface area contributed by atoms with Gasteiger partial charge in [-0.15, -0.1) is 0 Å². The second-order valence-electron chi connectivity index (χ2n) is 5.54. The average Bonchev–Trinajstić information content (AvgIpc) is 2.85. The first-order chi connectivity index (χ1) is 12.4. The minimum Gasteiger partial charge on any atom is -0.490 e. The first kappa shape index (κ1) is 18.2. The molecular formula is C17H17FN2O5S. The average molecular weight is 380 g/mol. The predicted molar refractivity (Wildman–Crippen MR) is 92.3 cm³/mol. The van der Waals surface area contributed by atoms with E-state index in [0.29, 0.717) is 31.1 Å². The van der Waals surface area contributed by atoms with Crippen LogP contribution in [0.2, 0.25) is 0 Å². The summed E-state index contributed by atoms with van der Waals surface area (Å²) in [5.74, 6) is -0.302. The van der Waals surface area contributed by atoms with Crippen molar-refractivity contribution in [2.45, 2.75) is 11.3 Å². The summed E-state index contributed by atoms with van der Waals surface area (Å²) in [7, 11) is -3.92. The molecule has 0 saturated carbocycles. The van der Waals surface area contributed by atoms with E-state index in [4.69, 9.17) is 9.47 Å². The summed E-state index contributed by atoms with van der Waals surface area (Å²) < 4.78 is 51.0. The third-order valence-electron chi connectivity index (χ3n) is 3.56. The Balaban J connectivity index is 1.65. The maximum Gasteiger partial charge on any atom is 0.241 e. The smallest absolute Gasteiger partial charge is 0.241 e. The van der Waals surface area contributed by atoms with Crippen LogP contribution >= 0.6 is 0 Å². The minimum absolute atomic E-state index is 0.0414. The fourth-order valence-corrected chi connectivity index (χ4v) is 3.32. The molecule has 3 rings (SSSR count). The number of amides is 1. The predicted octanol–water partition coefficient (Wildman–Crippen LogP) is 1.90. The number of carbonyl (C=O) groups is 1. The van der Waals surface area contributed by atoms with Crippen molar-refractivity contribution >= 4 is 21.6 Å². The largest absolute Gasteiger partial charge is 0.490 e. The van der Waals surface area contributed by atoms with E-state index in [1.807, 2.05) is 0 Å². The first-order valence-electron chi connectivity index (χ1n) is 7.89. The Morgan fingerprint density at radius 2 is 1.85 bits per heavy atom. The van der Waals surface area contributed by atoms with Gasteiger partial charge in [-0.3, -0.25) is 4.79 Å². The Labute approximate surface area is 150 Å². The lowest BCUT2D eigenvalue weighted by molar-refractivity contribution is -0.115. The van der Waals surface area contributed by atoms with Crippen LogP contribution in [0.15, 0.2) is 47.4 Å². The van der Waals surface area contributed by atoms with Crippen LogP contribution < -0.4 is 19.5 Å². The van der Waals surface area contributed by atoms with Gasteiger partial charge in [0, 0.05) is 18.2 Å². The van der Waals surface area contributed by atoms with Gasteiger partial charge in [-0.05, 0) is 30.3 Å². The molecule has 2 N–H and O–H groups in total. The Morgan fingerprint density at radius 1 is 1.08 bits per heavy atom. The summed E-state index contributed by atoms with van der Waals surface area (Å²) in [6.45, 7) is 0.435. The molecule has 138 valence electrons. The van der Waals surface area contributed by atoms with Crippen LogP contribution in [0.5, 0.6) is 11.5 Å². The number of halogens is 1. The summed E-state index contributed by atoms with van der Waals surface area (Å²) in [6, 6.07) is 9.56. The van der Waals surface area contributed by atoms with E-state index in [1.165, 1.54) is 36.4 Å². The molecule has 2 aromatic rings. The molecule has 7 nitrogen and oxygen atoms in total. The standard InChI is InChI=1S/C17H17FN2O5S/c18-12-3-1-4-13(9-12)20-17(21)11-19-26(22,23)14-5-6-15-16(10-14)25-8-2-7-24-15/h1,3-6,9-10,19H,2,7-8,11H2,(H,20,21). The van der Waals surface area contributed by atoms with Gasteiger partial charge < -0.3 is 14.8 Å². The van der Waals surface area contributed by atoms with Gasteiger partial charge in [0.05, 0.1) is 24.7 Å². The summed E-state index contributed by atoms with van der Waals surface area (Å²) in [6.07, 6.45) is 0.704. The molecular weight excluding hydrogens is 363 g/mol. The molecule has 0 bridgehead atoms. The SMILES string of the molecule is O=C(CNS(=O)(=O)c1ccc2c(c1)OCCCO2)Nc1cccc(F)c1. The number of benzene rings is 2. The van der Waals surface area contributed by atoms with Gasteiger partial charge in [0.2, 0.25) is 15.9 Å². The molecule has 1 heterocycles. The van der Waals surface area contributed by atoms with Gasteiger partial charge in [-0.1, -0.05) is 6.07 Å². The van der Waals surface area contributed by atoms with Crippen molar-refractivity contribution in [3.63, 3.8) is 0 Å². The van der Waals surface area contributed by atoms with Gasteiger partial charge in [-0.25, -0.2) is 17.5 Å². The number of hydrogen-bond donors (Lipinski definition) is 2. The minimum atomic E-state index is -3.92. The second-order valence-corrected chi connectivity index (χ2v) is 7.31. The Kier molecular flexibility index (Phi) is 5.38. The van der Waals surface area contributed by atoms with Crippen molar-refractivity contribution in [3.8, 4) is 11.5 Å². The summed E-state index contributed by atoms with van der Waals surface area (Å²) in [5.41, 5.74) is 0.241. The molecule has 2 aromatic carbocycles. The molecule has 1 amide bonds. The van der Waals surface area contributed by atoms with Crippen molar-refractivity contribution < 1.29 is 27.1 Å². The van der Waals surface area contributed by atoms with Crippen LogP contribution in [0.1, 0.15) is 6.42 Å². The van der Waals surface area contributed by atoms with Crippen molar-refractivity contribution in [2.24, 2.45) is 0 Å². The van der Waals surface area contributed by atoms with Crippen LogP contribution in [0.4, 0.5) is 10.1 Å². The molecule has 1 aliphatic heterocycles. The Bertz CT molecular complexity index is 917. The van der Waals surface area contributed by atoms with Crippen LogP contribution in [-0.2, 0) is 14.8 Å². The Hall–Kier alpha value is -2.65. The number of nitrogens with one attached hydrogen (secondary N) is 2. The van der Waals surface area contributed by atoms with Crippen LogP contribution in [-0.4, -0.2) is 34.1 Å². The van der Waals surface area contributed by atoms with Crippen LogP contribution in [0, 0.1) is 5.82 Å². The zero-order valence-corrected chi connectivity index (χ0v) is 14.5. The lowest BCUT2D eigenvalue weighted by Crippen LogP contribution is -2.32. The zero-order chi connectivity index (χ0) is 18.6. The first-order valence-corrected chi connectivity index (χ1v) is 9.37. The lowest BCUT2D eigenvalue weighted by atomic mass is 10.3. The van der Waals surface area contributed by atoms with E-state index in [-0.39, 0.29) is 10.6 Å². The molecule has 9 heteroatoms. The van der Waals surface area contributed by atoms with E-state index >= 15 is 0 Å². The van der Waals surface area contributed by atoms with Crippen LogP contribution in [0.25, 0.3) is 0 Å². The molecule has 0 atom stereocenters.